The molecule has 1 amide bonds. The van der Waals surface area contributed by atoms with E-state index in [0.717, 1.165) is 67.4 Å². The Balaban J connectivity index is 1.31. The van der Waals surface area contributed by atoms with Crippen molar-refractivity contribution in [1.82, 2.24) is 24.5 Å². The molecule has 0 radical (unpaired) electrons. The first kappa shape index (κ1) is 18.0. The van der Waals surface area contributed by atoms with Crippen molar-refractivity contribution in [2.24, 2.45) is 5.92 Å². The van der Waals surface area contributed by atoms with E-state index in [1.807, 2.05) is 12.1 Å². The van der Waals surface area contributed by atoms with Gasteiger partial charge in [0, 0.05) is 38.2 Å². The average molecular weight is 391 g/mol. The van der Waals surface area contributed by atoms with E-state index in [1.54, 1.807) is 18.7 Å². The Kier molecular flexibility index (Phi) is 4.83. The summed E-state index contributed by atoms with van der Waals surface area (Å²) >= 11 is 0. The summed E-state index contributed by atoms with van der Waals surface area (Å²) in [6.07, 6.45) is 11.2. The molecule has 8 heteroatoms. The fraction of sp³-hybridized carbons (Fsp3) is 0.476. The summed E-state index contributed by atoms with van der Waals surface area (Å²) in [5.74, 6) is 2.10. The molecule has 3 aromatic heterocycles. The molecule has 0 atom stereocenters. The highest BCUT2D eigenvalue weighted by atomic mass is 16.1. The molecule has 8 nitrogen and oxygen atoms in total. The first-order valence-electron chi connectivity index (χ1n) is 10.5. The maximum Gasteiger partial charge on any atom is 0.227 e. The number of hydrogen-bond acceptors (Lipinski definition) is 6. The van der Waals surface area contributed by atoms with Gasteiger partial charge in [-0.05, 0) is 37.8 Å². The van der Waals surface area contributed by atoms with E-state index < -0.39 is 0 Å². The van der Waals surface area contributed by atoms with E-state index in [2.05, 4.69) is 29.7 Å². The number of carbonyl (C=O) groups is 1. The maximum atomic E-state index is 12.6. The number of rotatable bonds is 3. The smallest absolute Gasteiger partial charge is 0.227 e. The minimum absolute atomic E-state index is 0.00231. The van der Waals surface area contributed by atoms with E-state index >= 15 is 0 Å². The van der Waals surface area contributed by atoms with Crippen LogP contribution in [0.5, 0.6) is 0 Å². The van der Waals surface area contributed by atoms with Gasteiger partial charge in [0.1, 0.15) is 12.2 Å². The third-order valence-electron chi connectivity index (χ3n) is 5.97. The maximum absolute atomic E-state index is 12.6. The molecule has 5 heterocycles. The number of nitrogens with zero attached hydrogens (tertiary/aromatic N) is 6. The molecule has 0 aliphatic carbocycles. The summed E-state index contributed by atoms with van der Waals surface area (Å²) in [7, 11) is 0. The highest BCUT2D eigenvalue weighted by Gasteiger charge is 2.28. The zero-order valence-corrected chi connectivity index (χ0v) is 16.4. The van der Waals surface area contributed by atoms with Gasteiger partial charge in [-0.15, -0.1) is 0 Å². The first-order valence-corrected chi connectivity index (χ1v) is 10.5. The molecule has 0 unspecified atom stereocenters. The molecular weight excluding hydrogens is 366 g/mol. The lowest BCUT2D eigenvalue weighted by Crippen LogP contribution is -2.38. The normalized spacial score (nSPS) is 17.7. The summed E-state index contributed by atoms with van der Waals surface area (Å²) < 4.78 is 2.27. The zero-order valence-electron chi connectivity index (χ0n) is 16.4. The van der Waals surface area contributed by atoms with Crippen LogP contribution in [0, 0.1) is 5.92 Å². The Morgan fingerprint density at radius 3 is 2.83 bits per heavy atom. The van der Waals surface area contributed by atoms with Crippen LogP contribution in [0.1, 0.15) is 37.9 Å². The number of aryl methyl sites for hydroxylation is 2. The molecule has 0 bridgehead atoms. The molecule has 0 saturated carbocycles. The third kappa shape index (κ3) is 3.54. The number of aromatic nitrogens is 5. The molecule has 0 aromatic carbocycles. The number of pyridine rings is 1. The fourth-order valence-corrected chi connectivity index (χ4v) is 4.39. The Morgan fingerprint density at radius 1 is 1.10 bits per heavy atom. The molecule has 3 aromatic rings. The van der Waals surface area contributed by atoms with Crippen molar-refractivity contribution >= 4 is 28.6 Å². The molecule has 2 aliphatic heterocycles. The van der Waals surface area contributed by atoms with Crippen molar-refractivity contribution in [3.63, 3.8) is 0 Å². The number of anilines is 2. The molecule has 150 valence electrons. The number of amides is 1. The topological polar surface area (TPSA) is 88.8 Å². The Labute approximate surface area is 169 Å². The van der Waals surface area contributed by atoms with Crippen LogP contribution in [0.4, 0.5) is 11.5 Å². The van der Waals surface area contributed by atoms with Crippen molar-refractivity contribution in [1.29, 1.82) is 0 Å². The van der Waals surface area contributed by atoms with Gasteiger partial charge in [0.25, 0.3) is 0 Å². The second kappa shape index (κ2) is 7.77. The average Bonchev–Trinajstić information content (AvgIpc) is 2.95. The van der Waals surface area contributed by atoms with Crippen LogP contribution in [-0.4, -0.2) is 43.5 Å². The predicted octanol–water partition coefficient (Wildman–Crippen LogP) is 2.80. The molecule has 1 fully saturated rings. The predicted molar refractivity (Wildman–Crippen MR) is 111 cm³/mol. The van der Waals surface area contributed by atoms with Crippen LogP contribution >= 0.6 is 0 Å². The monoisotopic (exact) mass is 391 g/mol. The van der Waals surface area contributed by atoms with Crippen molar-refractivity contribution in [3.8, 4) is 0 Å². The third-order valence-corrected chi connectivity index (χ3v) is 5.97. The number of fused-ring (bicyclic) bond motifs is 3. The van der Waals surface area contributed by atoms with Gasteiger partial charge in [0.2, 0.25) is 5.91 Å². The van der Waals surface area contributed by atoms with Gasteiger partial charge in [-0.25, -0.2) is 15.0 Å². The second-order valence-electron chi connectivity index (χ2n) is 7.85. The van der Waals surface area contributed by atoms with Gasteiger partial charge in [-0.1, -0.05) is 6.42 Å². The Hall–Kier alpha value is -3.03. The number of hydrogen-bond donors (Lipinski definition) is 1. The van der Waals surface area contributed by atoms with Gasteiger partial charge in [0.05, 0.1) is 11.9 Å². The summed E-state index contributed by atoms with van der Waals surface area (Å²) in [5.41, 5.74) is 2.60. The summed E-state index contributed by atoms with van der Waals surface area (Å²) in [4.78, 5) is 32.9. The standard InChI is InChI=1S/C21H25N7O/c29-21(25-16-5-4-9-22-13-16)15-7-11-27(12-8-15)19-18-20(24-14-23-19)28-10-3-1-2-6-17(28)26-18/h4-5,9,13-15H,1-3,6-8,10-12H2,(H,25,29). The number of carbonyl (C=O) groups excluding carboxylic acids is 1. The van der Waals surface area contributed by atoms with Gasteiger partial charge in [-0.2, -0.15) is 0 Å². The van der Waals surface area contributed by atoms with E-state index in [1.165, 1.54) is 19.3 Å². The lowest BCUT2D eigenvalue weighted by atomic mass is 9.96. The van der Waals surface area contributed by atoms with E-state index in [9.17, 15) is 4.79 Å². The minimum atomic E-state index is 0.00231. The van der Waals surface area contributed by atoms with Crippen LogP contribution in [0.25, 0.3) is 11.2 Å². The number of nitrogens with one attached hydrogen (secondary N) is 1. The molecule has 29 heavy (non-hydrogen) atoms. The van der Waals surface area contributed by atoms with Crippen molar-refractivity contribution in [2.75, 3.05) is 23.3 Å². The van der Waals surface area contributed by atoms with Crippen LogP contribution in [0.15, 0.2) is 30.9 Å². The lowest BCUT2D eigenvalue weighted by molar-refractivity contribution is -0.120. The van der Waals surface area contributed by atoms with Crippen molar-refractivity contribution in [3.05, 3.63) is 36.7 Å². The highest BCUT2D eigenvalue weighted by molar-refractivity contribution is 5.92. The number of piperidine rings is 1. The van der Waals surface area contributed by atoms with Gasteiger partial charge >= 0.3 is 0 Å². The molecule has 1 saturated heterocycles. The van der Waals surface area contributed by atoms with Crippen LogP contribution in [-0.2, 0) is 17.8 Å². The van der Waals surface area contributed by atoms with Crippen molar-refractivity contribution in [2.45, 2.75) is 45.1 Å². The van der Waals surface area contributed by atoms with Crippen LogP contribution < -0.4 is 10.2 Å². The van der Waals surface area contributed by atoms with E-state index in [4.69, 9.17) is 4.98 Å². The summed E-state index contributed by atoms with van der Waals surface area (Å²) in [5, 5.41) is 2.97. The van der Waals surface area contributed by atoms with Crippen molar-refractivity contribution < 1.29 is 4.79 Å². The van der Waals surface area contributed by atoms with Gasteiger partial charge < -0.3 is 14.8 Å². The minimum Gasteiger partial charge on any atom is -0.355 e. The summed E-state index contributed by atoms with van der Waals surface area (Å²) in [6.45, 7) is 2.57. The fourth-order valence-electron chi connectivity index (χ4n) is 4.39. The molecule has 5 rings (SSSR count). The summed E-state index contributed by atoms with van der Waals surface area (Å²) in [6, 6.07) is 3.69. The highest BCUT2D eigenvalue weighted by Crippen LogP contribution is 2.29. The van der Waals surface area contributed by atoms with Gasteiger partial charge in [0.15, 0.2) is 17.0 Å². The van der Waals surface area contributed by atoms with E-state index in [-0.39, 0.29) is 11.8 Å². The second-order valence-corrected chi connectivity index (χ2v) is 7.85. The molecular formula is C21H25N7O. The van der Waals surface area contributed by atoms with E-state index in [0.29, 0.717) is 0 Å². The largest absolute Gasteiger partial charge is 0.355 e. The molecule has 2 aliphatic rings. The van der Waals surface area contributed by atoms with Crippen LogP contribution in [0.3, 0.4) is 0 Å². The Morgan fingerprint density at radius 2 is 2.00 bits per heavy atom. The lowest BCUT2D eigenvalue weighted by Gasteiger charge is -2.32. The van der Waals surface area contributed by atoms with Crippen LogP contribution in [0.2, 0.25) is 0 Å². The molecule has 1 N–H and O–H groups in total. The SMILES string of the molecule is O=C(Nc1cccnc1)C1CCN(c2ncnc3c2nc2n3CCCCC2)CC1. The first-order chi connectivity index (χ1) is 14.3. The zero-order chi connectivity index (χ0) is 19.6. The quantitative estimate of drug-likeness (QED) is 0.739. The Bertz CT molecular complexity index is 1010. The molecule has 0 spiro atoms. The number of imidazole rings is 1. The van der Waals surface area contributed by atoms with Gasteiger partial charge in [-0.3, -0.25) is 9.78 Å².